The Kier molecular flexibility index (Phi) is 5.37. The van der Waals surface area contributed by atoms with Gasteiger partial charge in [0.2, 0.25) is 0 Å². The van der Waals surface area contributed by atoms with Crippen LogP contribution in [-0.2, 0) is 16.4 Å². The molecule has 2 aliphatic rings. The zero-order chi connectivity index (χ0) is 19.6. The van der Waals surface area contributed by atoms with Gasteiger partial charge in [-0.1, -0.05) is 30.3 Å². The van der Waals surface area contributed by atoms with Crippen LogP contribution in [0.4, 0.5) is 0 Å². The molecule has 0 bridgehead atoms. The largest absolute Gasteiger partial charge is 0.489 e. The lowest BCUT2D eigenvalue weighted by Gasteiger charge is -2.26. The number of benzene rings is 2. The van der Waals surface area contributed by atoms with Gasteiger partial charge in [0.1, 0.15) is 16.7 Å². The van der Waals surface area contributed by atoms with E-state index in [1.165, 1.54) is 11.6 Å². The molecule has 0 saturated carbocycles. The number of carbonyl (C=O) groups is 1. The Morgan fingerprint density at radius 1 is 1.21 bits per heavy atom. The smallest absolute Gasteiger partial charge is 0.269 e. The molecular formula is C21H24N2O4S. The van der Waals surface area contributed by atoms with Crippen LogP contribution in [0.15, 0.2) is 53.4 Å². The monoisotopic (exact) mass is 412 g/mol. The maximum absolute atomic E-state index is 12.5. The maximum Gasteiger partial charge on any atom is 0.269 e. The number of sulfonamides is 1. The Morgan fingerprint density at radius 2 is 2.04 bits per heavy atom. The van der Waals surface area contributed by atoms with Crippen LogP contribution in [0.1, 0.15) is 35.2 Å². The lowest BCUT2D eigenvalue weighted by molar-refractivity contribution is 0.0869. The van der Waals surface area contributed by atoms with E-state index in [-0.39, 0.29) is 23.1 Å². The first-order valence-corrected chi connectivity index (χ1v) is 11.1. The molecule has 0 aliphatic carbocycles. The van der Waals surface area contributed by atoms with Gasteiger partial charge in [0.05, 0.1) is 5.56 Å². The molecule has 0 unspecified atom stereocenters. The lowest BCUT2D eigenvalue weighted by Crippen LogP contribution is -2.35. The van der Waals surface area contributed by atoms with E-state index in [1.807, 2.05) is 18.2 Å². The molecule has 1 atom stereocenters. The van der Waals surface area contributed by atoms with Crippen LogP contribution in [-0.4, -0.2) is 44.4 Å². The zero-order valence-electron chi connectivity index (χ0n) is 15.6. The summed E-state index contributed by atoms with van der Waals surface area (Å²) in [4.78, 5) is 12.5. The van der Waals surface area contributed by atoms with Gasteiger partial charge in [0.25, 0.3) is 15.9 Å². The number of fused-ring (bicyclic) bond motifs is 2. The van der Waals surface area contributed by atoms with Crippen molar-refractivity contribution >= 4 is 15.9 Å². The third-order valence-electron chi connectivity index (χ3n) is 5.25. The van der Waals surface area contributed by atoms with Crippen molar-refractivity contribution in [3.63, 3.8) is 0 Å². The lowest BCUT2D eigenvalue weighted by atomic mass is 10.2. The summed E-state index contributed by atoms with van der Waals surface area (Å²) in [6.45, 7) is 1.74. The van der Waals surface area contributed by atoms with Crippen molar-refractivity contribution < 1.29 is 17.9 Å². The predicted molar refractivity (Wildman–Crippen MR) is 106 cm³/mol. The molecule has 2 aliphatic heterocycles. The highest BCUT2D eigenvalue weighted by Gasteiger charge is 2.40. The minimum atomic E-state index is -3.69. The molecule has 2 aromatic carbocycles. The molecule has 7 heteroatoms. The van der Waals surface area contributed by atoms with Crippen LogP contribution >= 0.6 is 0 Å². The summed E-state index contributed by atoms with van der Waals surface area (Å²) in [5, 5.41) is 3.38. The average Bonchev–Trinajstić information content (AvgIpc) is 2.91. The second-order valence-corrected chi connectivity index (χ2v) is 9.01. The molecule has 2 heterocycles. The van der Waals surface area contributed by atoms with E-state index in [9.17, 15) is 13.2 Å². The van der Waals surface area contributed by atoms with Crippen molar-refractivity contribution in [2.24, 2.45) is 0 Å². The van der Waals surface area contributed by atoms with E-state index in [0.717, 1.165) is 42.4 Å². The highest BCUT2D eigenvalue weighted by molar-refractivity contribution is 7.90. The van der Waals surface area contributed by atoms with Crippen LogP contribution in [0, 0.1) is 0 Å². The molecule has 1 N–H and O–H groups in total. The van der Waals surface area contributed by atoms with Crippen LogP contribution in [0.25, 0.3) is 0 Å². The van der Waals surface area contributed by atoms with E-state index in [0.29, 0.717) is 6.42 Å². The van der Waals surface area contributed by atoms with Gasteiger partial charge in [-0.05, 0) is 56.0 Å². The summed E-state index contributed by atoms with van der Waals surface area (Å²) in [6.07, 6.45) is 3.59. The number of ether oxygens (including phenoxy) is 1. The van der Waals surface area contributed by atoms with Crippen molar-refractivity contribution in [3.8, 4) is 5.75 Å². The number of nitrogens with one attached hydrogen (secondary N) is 1. The topological polar surface area (TPSA) is 75.7 Å². The number of nitrogens with zero attached hydrogens (tertiary/aromatic N) is 1. The van der Waals surface area contributed by atoms with Crippen LogP contribution in [0.5, 0.6) is 5.75 Å². The van der Waals surface area contributed by atoms with E-state index in [1.54, 1.807) is 18.2 Å². The van der Waals surface area contributed by atoms with Gasteiger partial charge in [-0.2, -0.15) is 0 Å². The Bertz CT molecular complexity index is 974. The maximum atomic E-state index is 12.5. The number of unbranched alkanes of at least 4 members (excludes halogenated alkanes) is 1. The van der Waals surface area contributed by atoms with Gasteiger partial charge < -0.3 is 10.1 Å². The Morgan fingerprint density at radius 3 is 2.89 bits per heavy atom. The highest BCUT2D eigenvalue weighted by Crippen LogP contribution is 2.30. The Labute approximate surface area is 165 Å². The molecule has 4 rings (SSSR count). The van der Waals surface area contributed by atoms with E-state index in [4.69, 9.17) is 4.74 Å². The summed E-state index contributed by atoms with van der Waals surface area (Å²) in [5.41, 5.74) is 1.53. The SMILES string of the molecule is O=C1c2ccccc2S(=O)(=O)N1CCCCNC[C@H]1CC[14c]2[14cH][14cH][14cH][14cH][14c]2O1. The summed E-state index contributed by atoms with van der Waals surface area (Å²) in [7, 11) is -3.69. The second-order valence-electron chi connectivity index (χ2n) is 7.18. The van der Waals surface area contributed by atoms with Gasteiger partial charge in [-0.15, -0.1) is 0 Å². The Hall–Kier alpha value is -2.38. The van der Waals surface area contributed by atoms with Crippen LogP contribution < -0.4 is 10.1 Å². The number of rotatable bonds is 7. The summed E-state index contributed by atoms with van der Waals surface area (Å²) in [6, 6.07) is 14.5. The van der Waals surface area contributed by atoms with Crippen LogP contribution in [0.3, 0.4) is 0 Å². The minimum Gasteiger partial charge on any atom is -0.489 e. The average molecular weight is 412 g/mol. The van der Waals surface area contributed by atoms with Crippen molar-refractivity contribution in [1.29, 1.82) is 0 Å². The van der Waals surface area contributed by atoms with Crippen molar-refractivity contribution in [2.75, 3.05) is 19.6 Å². The fourth-order valence-electron chi connectivity index (χ4n) is 3.74. The summed E-state index contributed by atoms with van der Waals surface area (Å²) >= 11 is 0. The quantitative estimate of drug-likeness (QED) is 0.708. The minimum absolute atomic E-state index is 0.118. The van der Waals surface area contributed by atoms with Gasteiger partial charge >= 0.3 is 0 Å². The molecule has 0 spiro atoms. The molecule has 2 aromatic rings. The van der Waals surface area contributed by atoms with Gasteiger partial charge in [0.15, 0.2) is 0 Å². The predicted octanol–water partition coefficient (Wildman–Crippen LogP) is 2.59. The van der Waals surface area contributed by atoms with Crippen molar-refractivity contribution in [1.82, 2.24) is 9.62 Å². The van der Waals surface area contributed by atoms with E-state index < -0.39 is 15.9 Å². The highest BCUT2D eigenvalue weighted by atomic mass is 32.2. The van der Waals surface area contributed by atoms with Gasteiger partial charge in [-0.3, -0.25) is 4.79 Å². The summed E-state index contributed by atoms with van der Waals surface area (Å²) in [5.74, 6) is 0.552. The van der Waals surface area contributed by atoms with Crippen molar-refractivity contribution in [2.45, 2.75) is 36.7 Å². The first kappa shape index (κ1) is 19.0. The molecular weight excluding hydrogens is 388 g/mol. The molecule has 0 saturated heterocycles. The fraction of sp³-hybridized carbons (Fsp3) is 0.381. The number of carbonyl (C=O) groups excluding carboxylic acids is 1. The number of para-hydroxylation sites is 1. The third-order valence-corrected chi connectivity index (χ3v) is 7.09. The number of hydrogen-bond acceptors (Lipinski definition) is 5. The Balaban J connectivity index is 1.20. The number of amides is 1. The first-order chi connectivity index (χ1) is 13.6. The number of hydrogen-bond donors (Lipinski definition) is 1. The standard InChI is InChI=1S/C21H24N2O4S/c24-21-18-8-2-4-10-20(18)28(25,26)23(21)14-6-5-13-22-15-17-12-11-16-7-1-3-9-19(16)27-17/h1-4,7-10,17,22H,5-6,11-15H2/t17-/m1/s1/i1+2,3+2,7+2,9+2,16+2,19+2. The molecule has 0 aromatic heterocycles. The van der Waals surface area contributed by atoms with Crippen molar-refractivity contribution in [3.05, 3.63) is 59.7 Å². The first-order valence-electron chi connectivity index (χ1n) is 9.69. The third kappa shape index (κ3) is 3.64. The molecule has 0 fully saturated rings. The second kappa shape index (κ2) is 7.93. The van der Waals surface area contributed by atoms with Crippen LogP contribution in [0.2, 0.25) is 0 Å². The number of aryl methyl sites for hydroxylation is 1. The normalized spacial score (nSPS) is 19.8. The van der Waals surface area contributed by atoms with Gasteiger partial charge in [0, 0.05) is 13.1 Å². The summed E-state index contributed by atoms with van der Waals surface area (Å²) < 4.78 is 32.0. The molecule has 1 amide bonds. The van der Waals surface area contributed by atoms with Gasteiger partial charge in [-0.25, -0.2) is 12.7 Å². The molecule has 28 heavy (non-hydrogen) atoms. The van der Waals surface area contributed by atoms with E-state index in [2.05, 4.69) is 11.4 Å². The molecule has 148 valence electrons. The molecule has 6 nitrogen and oxygen atoms in total. The molecule has 0 radical (unpaired) electrons. The van der Waals surface area contributed by atoms with E-state index >= 15 is 0 Å². The fourth-order valence-corrected chi connectivity index (χ4v) is 5.35. The zero-order valence-corrected chi connectivity index (χ0v) is 16.5.